The van der Waals surface area contributed by atoms with Crippen LogP contribution in [0.15, 0.2) is 30.9 Å². The Hall–Kier alpha value is -3.03. The first-order chi connectivity index (χ1) is 10.1. The van der Waals surface area contributed by atoms with E-state index in [4.69, 9.17) is 5.73 Å². The molecule has 0 aliphatic carbocycles. The summed E-state index contributed by atoms with van der Waals surface area (Å²) in [5.74, 6) is -1.06. The molecule has 3 heterocycles. The third-order valence-electron chi connectivity index (χ3n) is 2.98. The molecule has 0 fully saturated rings. The number of rotatable bonds is 2. The van der Waals surface area contributed by atoms with Gasteiger partial charge in [-0.1, -0.05) is 0 Å². The number of carbonyl (C=O) groups excluding carboxylic acids is 1. The number of aromatic nitrogens is 4. The van der Waals surface area contributed by atoms with Crippen molar-refractivity contribution < 1.29 is 9.18 Å². The van der Waals surface area contributed by atoms with Crippen molar-refractivity contribution in [1.29, 1.82) is 0 Å². The molecule has 0 spiro atoms. The first-order valence-corrected chi connectivity index (χ1v) is 6.07. The minimum atomic E-state index is -0.569. The highest BCUT2D eigenvalue weighted by Crippen LogP contribution is 2.19. The molecule has 8 heteroatoms. The van der Waals surface area contributed by atoms with Crippen molar-refractivity contribution >= 4 is 23.1 Å². The van der Waals surface area contributed by atoms with Crippen LogP contribution in [0.1, 0.15) is 15.9 Å². The molecule has 0 aromatic carbocycles. The number of nitrogens with one attached hydrogen (secondary N) is 1. The predicted molar refractivity (Wildman–Crippen MR) is 74.3 cm³/mol. The van der Waals surface area contributed by atoms with Gasteiger partial charge in [-0.25, -0.2) is 13.9 Å². The van der Waals surface area contributed by atoms with E-state index < -0.39 is 11.7 Å². The van der Waals surface area contributed by atoms with E-state index >= 15 is 0 Å². The normalized spacial score (nSPS) is 10.8. The first-order valence-electron chi connectivity index (χ1n) is 6.07. The highest BCUT2D eigenvalue weighted by atomic mass is 19.1. The van der Waals surface area contributed by atoms with Crippen molar-refractivity contribution in [1.82, 2.24) is 19.6 Å². The van der Waals surface area contributed by atoms with Crippen LogP contribution in [0, 0.1) is 12.7 Å². The first kappa shape index (κ1) is 13.0. The van der Waals surface area contributed by atoms with Crippen LogP contribution in [0.25, 0.3) is 5.65 Å². The smallest absolute Gasteiger partial charge is 0.263 e. The van der Waals surface area contributed by atoms with E-state index in [0.29, 0.717) is 5.69 Å². The molecule has 106 valence electrons. The van der Waals surface area contributed by atoms with Crippen molar-refractivity contribution in [3.8, 4) is 0 Å². The number of carbonyl (C=O) groups is 1. The third-order valence-corrected chi connectivity index (χ3v) is 2.98. The van der Waals surface area contributed by atoms with Crippen LogP contribution in [-0.4, -0.2) is 25.5 Å². The van der Waals surface area contributed by atoms with E-state index in [1.165, 1.54) is 6.20 Å². The molecule has 0 saturated carbocycles. The molecular weight excluding hydrogens is 275 g/mol. The molecule has 7 nitrogen and oxygen atoms in total. The number of halogens is 1. The Morgan fingerprint density at radius 3 is 3.00 bits per heavy atom. The van der Waals surface area contributed by atoms with Crippen molar-refractivity contribution in [2.45, 2.75) is 6.92 Å². The van der Waals surface area contributed by atoms with Crippen molar-refractivity contribution in [2.24, 2.45) is 0 Å². The molecule has 21 heavy (non-hydrogen) atoms. The largest absolute Gasteiger partial charge is 0.381 e. The minimum absolute atomic E-state index is 0.0212. The number of pyridine rings is 1. The lowest BCUT2D eigenvalue weighted by molar-refractivity contribution is 0.102. The Morgan fingerprint density at radius 2 is 2.24 bits per heavy atom. The van der Waals surface area contributed by atoms with E-state index in [1.807, 2.05) is 6.92 Å². The molecule has 3 N–H and O–H groups in total. The average molecular weight is 286 g/mol. The van der Waals surface area contributed by atoms with Crippen LogP contribution in [0.2, 0.25) is 0 Å². The van der Waals surface area contributed by atoms with E-state index in [2.05, 4.69) is 20.4 Å². The SMILES string of the molecule is Cc1ccncc1NC(=O)c1c(N)nn2cc(F)cnc12. The summed E-state index contributed by atoms with van der Waals surface area (Å²) in [5.41, 5.74) is 7.42. The lowest BCUT2D eigenvalue weighted by Gasteiger charge is -2.06. The summed E-state index contributed by atoms with van der Waals surface area (Å²) in [7, 11) is 0. The maximum atomic E-state index is 13.1. The summed E-state index contributed by atoms with van der Waals surface area (Å²) < 4.78 is 14.2. The van der Waals surface area contributed by atoms with Gasteiger partial charge < -0.3 is 11.1 Å². The summed E-state index contributed by atoms with van der Waals surface area (Å²) in [6.45, 7) is 1.84. The van der Waals surface area contributed by atoms with Gasteiger partial charge in [0.2, 0.25) is 0 Å². The zero-order valence-corrected chi connectivity index (χ0v) is 11.0. The average Bonchev–Trinajstić information content (AvgIpc) is 2.76. The van der Waals surface area contributed by atoms with Gasteiger partial charge in [0.05, 0.1) is 24.3 Å². The fraction of sp³-hybridized carbons (Fsp3) is 0.0769. The number of nitrogens with two attached hydrogens (primary N) is 1. The molecule has 0 unspecified atom stereocenters. The Kier molecular flexibility index (Phi) is 2.98. The topological polar surface area (TPSA) is 98.2 Å². The standard InChI is InChI=1S/C13H11FN6O/c1-7-2-3-16-5-9(7)18-13(21)10-11(15)19-20-6-8(14)4-17-12(10)20/h2-6H,1H3,(H2,15,19)(H,18,21). The zero-order chi connectivity index (χ0) is 15.0. The van der Waals surface area contributed by atoms with E-state index in [-0.39, 0.29) is 17.0 Å². The molecule has 1 amide bonds. The Morgan fingerprint density at radius 1 is 1.43 bits per heavy atom. The van der Waals surface area contributed by atoms with E-state index in [0.717, 1.165) is 22.5 Å². The van der Waals surface area contributed by atoms with E-state index in [9.17, 15) is 9.18 Å². The molecule has 0 aliphatic heterocycles. The molecule has 3 rings (SSSR count). The second kappa shape index (κ2) is 4.82. The van der Waals surface area contributed by atoms with Crippen molar-refractivity contribution in [2.75, 3.05) is 11.1 Å². The van der Waals surface area contributed by atoms with Gasteiger partial charge in [0.1, 0.15) is 5.56 Å². The lowest BCUT2D eigenvalue weighted by atomic mass is 10.2. The Bertz CT molecular complexity index is 844. The third kappa shape index (κ3) is 2.27. The van der Waals surface area contributed by atoms with Crippen molar-refractivity contribution in [3.05, 3.63) is 47.8 Å². The number of nitrogens with zero attached hydrogens (tertiary/aromatic N) is 4. The second-order valence-corrected chi connectivity index (χ2v) is 4.45. The summed E-state index contributed by atoms with van der Waals surface area (Å²) >= 11 is 0. The number of amides is 1. The van der Waals surface area contributed by atoms with Gasteiger partial charge in [-0.05, 0) is 18.6 Å². The predicted octanol–water partition coefficient (Wildman–Crippen LogP) is 1.41. The summed E-state index contributed by atoms with van der Waals surface area (Å²) in [5, 5.41) is 6.57. The molecule has 0 bridgehead atoms. The van der Waals surface area contributed by atoms with Gasteiger partial charge in [-0.3, -0.25) is 9.78 Å². The molecule has 3 aromatic heterocycles. The molecular formula is C13H11FN6O. The summed E-state index contributed by atoms with van der Waals surface area (Å²) in [4.78, 5) is 20.1. The Balaban J connectivity index is 2.02. The van der Waals surface area contributed by atoms with Crippen LogP contribution >= 0.6 is 0 Å². The fourth-order valence-corrected chi connectivity index (χ4v) is 1.93. The van der Waals surface area contributed by atoms with Gasteiger partial charge in [-0.2, -0.15) is 0 Å². The van der Waals surface area contributed by atoms with Crippen LogP contribution in [0.5, 0.6) is 0 Å². The molecule has 0 atom stereocenters. The number of hydrogen-bond donors (Lipinski definition) is 2. The highest BCUT2D eigenvalue weighted by molar-refractivity contribution is 6.11. The maximum absolute atomic E-state index is 13.1. The lowest BCUT2D eigenvalue weighted by Crippen LogP contribution is -2.14. The molecule has 0 saturated heterocycles. The van der Waals surface area contributed by atoms with Crippen LogP contribution in [-0.2, 0) is 0 Å². The fourth-order valence-electron chi connectivity index (χ4n) is 1.93. The zero-order valence-electron chi connectivity index (χ0n) is 11.0. The monoisotopic (exact) mass is 286 g/mol. The van der Waals surface area contributed by atoms with Gasteiger partial charge in [0, 0.05) is 6.20 Å². The molecule has 0 radical (unpaired) electrons. The van der Waals surface area contributed by atoms with Crippen LogP contribution < -0.4 is 11.1 Å². The van der Waals surface area contributed by atoms with Gasteiger partial charge >= 0.3 is 0 Å². The number of nitrogen functional groups attached to an aromatic ring is 1. The number of fused-ring (bicyclic) bond motifs is 1. The second-order valence-electron chi connectivity index (χ2n) is 4.45. The quantitative estimate of drug-likeness (QED) is 0.742. The Labute approximate surface area is 118 Å². The number of aryl methyl sites for hydroxylation is 1. The molecule has 3 aromatic rings. The van der Waals surface area contributed by atoms with Gasteiger partial charge in [0.15, 0.2) is 17.3 Å². The van der Waals surface area contributed by atoms with Gasteiger partial charge in [-0.15, -0.1) is 5.10 Å². The van der Waals surface area contributed by atoms with Gasteiger partial charge in [0.25, 0.3) is 5.91 Å². The maximum Gasteiger partial charge on any atom is 0.263 e. The van der Waals surface area contributed by atoms with Crippen LogP contribution in [0.4, 0.5) is 15.9 Å². The summed E-state index contributed by atoms with van der Waals surface area (Å²) in [6.07, 6.45) is 5.26. The van der Waals surface area contributed by atoms with Crippen molar-refractivity contribution in [3.63, 3.8) is 0 Å². The van der Waals surface area contributed by atoms with Crippen LogP contribution in [0.3, 0.4) is 0 Å². The number of hydrogen-bond acceptors (Lipinski definition) is 5. The number of anilines is 2. The molecule has 0 aliphatic rings. The minimum Gasteiger partial charge on any atom is -0.381 e. The summed E-state index contributed by atoms with van der Waals surface area (Å²) in [6, 6.07) is 1.77. The van der Waals surface area contributed by atoms with E-state index in [1.54, 1.807) is 12.3 Å². The highest BCUT2D eigenvalue weighted by Gasteiger charge is 2.20.